The van der Waals surface area contributed by atoms with Gasteiger partial charge in [-0.25, -0.2) is 4.79 Å². The largest absolute Gasteiger partial charge is 0.459 e. The van der Waals surface area contributed by atoms with Gasteiger partial charge in [0.05, 0.1) is 13.3 Å². The molecule has 1 rings (SSSR count). The van der Waals surface area contributed by atoms with E-state index in [1.807, 2.05) is 30.3 Å². The minimum absolute atomic E-state index is 0.0130. The van der Waals surface area contributed by atoms with Crippen LogP contribution in [0.3, 0.4) is 0 Å². The fraction of sp³-hybridized carbons (Fsp3) is 0.333. The minimum Gasteiger partial charge on any atom is -0.459 e. The fourth-order valence-electron chi connectivity index (χ4n) is 1.16. The summed E-state index contributed by atoms with van der Waals surface area (Å²) in [6.07, 6.45) is 0. The first-order valence-corrected chi connectivity index (χ1v) is 5.45. The number of ether oxygens (including phenoxy) is 2. The van der Waals surface area contributed by atoms with Crippen LogP contribution in [0.2, 0.25) is 0 Å². The Labute approximate surface area is 105 Å². The average Bonchev–Trinajstić information content (AvgIpc) is 2.37. The fourth-order valence-corrected chi connectivity index (χ4v) is 1.16. The summed E-state index contributed by atoms with van der Waals surface area (Å²) < 4.78 is 9.91. The number of rotatable bonds is 8. The standard InChI is InChI=1S/C12H16N2O4/c13-11(15)6-14-9-17-8-12(16)18-7-10-4-2-1-3-5-10/h1-5,14H,6-9H2,(H2,13,15). The van der Waals surface area contributed by atoms with E-state index in [1.165, 1.54) is 0 Å². The number of nitrogens with two attached hydrogens (primary N) is 1. The van der Waals surface area contributed by atoms with Crippen LogP contribution >= 0.6 is 0 Å². The van der Waals surface area contributed by atoms with Crippen molar-refractivity contribution in [2.24, 2.45) is 5.73 Å². The average molecular weight is 252 g/mol. The van der Waals surface area contributed by atoms with Crippen molar-refractivity contribution in [1.82, 2.24) is 5.32 Å². The van der Waals surface area contributed by atoms with Gasteiger partial charge in [-0.2, -0.15) is 0 Å². The van der Waals surface area contributed by atoms with Crippen molar-refractivity contribution in [3.05, 3.63) is 35.9 Å². The van der Waals surface area contributed by atoms with Crippen LogP contribution in [0.15, 0.2) is 30.3 Å². The topological polar surface area (TPSA) is 90.7 Å². The van der Waals surface area contributed by atoms with Crippen LogP contribution in [0.25, 0.3) is 0 Å². The molecule has 18 heavy (non-hydrogen) atoms. The third-order valence-corrected chi connectivity index (χ3v) is 1.97. The Morgan fingerprint density at radius 1 is 1.22 bits per heavy atom. The molecule has 6 nitrogen and oxygen atoms in total. The quantitative estimate of drug-likeness (QED) is 0.379. The van der Waals surface area contributed by atoms with Crippen LogP contribution in [0.4, 0.5) is 0 Å². The van der Waals surface area contributed by atoms with E-state index >= 15 is 0 Å². The van der Waals surface area contributed by atoms with E-state index in [0.717, 1.165) is 5.56 Å². The first kappa shape index (κ1) is 14.1. The number of carbonyl (C=O) groups is 2. The molecule has 0 unspecified atom stereocenters. The van der Waals surface area contributed by atoms with Gasteiger partial charge in [0, 0.05) is 0 Å². The molecule has 6 heteroatoms. The van der Waals surface area contributed by atoms with Gasteiger partial charge in [-0.1, -0.05) is 30.3 Å². The summed E-state index contributed by atoms with van der Waals surface area (Å²) in [6, 6.07) is 9.35. The minimum atomic E-state index is -0.481. The summed E-state index contributed by atoms with van der Waals surface area (Å²) in [6.45, 7) is 0.138. The third kappa shape index (κ3) is 6.62. The molecule has 0 aromatic heterocycles. The lowest BCUT2D eigenvalue weighted by Crippen LogP contribution is -2.31. The van der Waals surface area contributed by atoms with Crippen LogP contribution in [-0.2, 0) is 25.7 Å². The zero-order valence-electron chi connectivity index (χ0n) is 9.93. The molecule has 1 aromatic carbocycles. The lowest BCUT2D eigenvalue weighted by atomic mass is 10.2. The summed E-state index contributed by atoms with van der Waals surface area (Å²) in [5, 5.41) is 2.61. The molecule has 0 aliphatic carbocycles. The van der Waals surface area contributed by atoms with Gasteiger partial charge in [0.15, 0.2) is 0 Å². The molecule has 0 saturated carbocycles. The number of benzene rings is 1. The Morgan fingerprint density at radius 3 is 2.61 bits per heavy atom. The molecule has 0 saturated heterocycles. The maximum atomic E-state index is 11.2. The molecule has 0 radical (unpaired) electrons. The molecule has 0 aliphatic heterocycles. The van der Waals surface area contributed by atoms with Gasteiger partial charge in [-0.05, 0) is 5.56 Å². The summed E-state index contributed by atoms with van der Waals surface area (Å²) in [5.74, 6) is -0.940. The lowest BCUT2D eigenvalue weighted by molar-refractivity contribution is -0.150. The molecule has 0 fully saturated rings. The van der Waals surface area contributed by atoms with Crippen molar-refractivity contribution in [2.75, 3.05) is 19.9 Å². The first-order chi connectivity index (χ1) is 8.68. The van der Waals surface area contributed by atoms with E-state index in [0.29, 0.717) is 0 Å². The number of primary amides is 1. The highest BCUT2D eigenvalue weighted by atomic mass is 16.6. The number of hydrogen-bond acceptors (Lipinski definition) is 5. The highest BCUT2D eigenvalue weighted by molar-refractivity contribution is 5.75. The van der Waals surface area contributed by atoms with Crippen molar-refractivity contribution >= 4 is 11.9 Å². The summed E-state index contributed by atoms with van der Waals surface area (Å²) in [4.78, 5) is 21.6. The van der Waals surface area contributed by atoms with Gasteiger partial charge in [0.1, 0.15) is 13.2 Å². The predicted octanol–water partition coefficient (Wildman–Crippen LogP) is -0.221. The van der Waals surface area contributed by atoms with Crippen molar-refractivity contribution in [2.45, 2.75) is 6.61 Å². The van der Waals surface area contributed by atoms with Crippen molar-refractivity contribution < 1.29 is 19.1 Å². The molecule has 0 atom stereocenters. The summed E-state index contributed by atoms with van der Waals surface area (Å²) >= 11 is 0. The number of esters is 1. The van der Waals surface area contributed by atoms with E-state index in [2.05, 4.69) is 5.32 Å². The summed E-state index contributed by atoms with van der Waals surface area (Å²) in [7, 11) is 0. The maximum Gasteiger partial charge on any atom is 0.332 e. The normalized spacial score (nSPS) is 10.0. The Balaban J connectivity index is 2.06. The van der Waals surface area contributed by atoms with Gasteiger partial charge in [-0.15, -0.1) is 0 Å². The SMILES string of the molecule is NC(=O)CNCOCC(=O)OCc1ccccc1. The Morgan fingerprint density at radius 2 is 1.94 bits per heavy atom. The van der Waals surface area contributed by atoms with Gasteiger partial charge in [0.2, 0.25) is 5.91 Å². The van der Waals surface area contributed by atoms with Crippen molar-refractivity contribution in [3.8, 4) is 0 Å². The van der Waals surface area contributed by atoms with Crippen LogP contribution in [0.1, 0.15) is 5.56 Å². The molecule has 1 amide bonds. The predicted molar refractivity (Wildman–Crippen MR) is 64.3 cm³/mol. The van der Waals surface area contributed by atoms with E-state index in [4.69, 9.17) is 15.2 Å². The monoisotopic (exact) mass is 252 g/mol. The Bertz CT molecular complexity index is 381. The zero-order chi connectivity index (χ0) is 13.2. The highest BCUT2D eigenvalue weighted by Crippen LogP contribution is 2.00. The van der Waals surface area contributed by atoms with Crippen LogP contribution in [0.5, 0.6) is 0 Å². The molecule has 0 heterocycles. The molecule has 98 valence electrons. The Kier molecular flexibility index (Phi) is 6.45. The highest BCUT2D eigenvalue weighted by Gasteiger charge is 2.03. The van der Waals surface area contributed by atoms with Gasteiger partial charge in [-0.3, -0.25) is 10.1 Å². The molecule has 0 bridgehead atoms. The van der Waals surface area contributed by atoms with Crippen LogP contribution < -0.4 is 11.1 Å². The molecular weight excluding hydrogens is 236 g/mol. The summed E-state index contributed by atoms with van der Waals surface area (Å²) in [5.41, 5.74) is 5.81. The second kappa shape index (κ2) is 8.21. The van der Waals surface area contributed by atoms with Crippen LogP contribution in [0, 0.1) is 0 Å². The zero-order valence-corrected chi connectivity index (χ0v) is 9.93. The smallest absolute Gasteiger partial charge is 0.332 e. The molecule has 0 aliphatic rings. The number of carbonyl (C=O) groups excluding carboxylic acids is 2. The second-order valence-electron chi connectivity index (χ2n) is 3.53. The van der Waals surface area contributed by atoms with Crippen LogP contribution in [-0.4, -0.2) is 31.8 Å². The number of nitrogens with one attached hydrogen (secondary N) is 1. The molecule has 0 spiro atoms. The van der Waals surface area contributed by atoms with Gasteiger partial charge >= 0.3 is 5.97 Å². The van der Waals surface area contributed by atoms with Gasteiger partial charge in [0.25, 0.3) is 0 Å². The lowest BCUT2D eigenvalue weighted by Gasteiger charge is -2.06. The molecular formula is C12H16N2O4. The van der Waals surface area contributed by atoms with E-state index in [9.17, 15) is 9.59 Å². The number of hydrogen-bond donors (Lipinski definition) is 2. The molecule has 1 aromatic rings. The number of amides is 1. The Hall–Kier alpha value is -1.92. The maximum absolute atomic E-state index is 11.2. The van der Waals surface area contributed by atoms with Crippen molar-refractivity contribution in [3.63, 3.8) is 0 Å². The van der Waals surface area contributed by atoms with E-state index in [1.54, 1.807) is 0 Å². The first-order valence-electron chi connectivity index (χ1n) is 5.45. The second-order valence-corrected chi connectivity index (χ2v) is 3.53. The van der Waals surface area contributed by atoms with E-state index in [-0.39, 0.29) is 26.5 Å². The van der Waals surface area contributed by atoms with Crippen molar-refractivity contribution in [1.29, 1.82) is 0 Å². The van der Waals surface area contributed by atoms with Gasteiger partial charge < -0.3 is 15.2 Å². The molecule has 3 N–H and O–H groups in total. The third-order valence-electron chi connectivity index (χ3n) is 1.97. The van der Waals surface area contributed by atoms with E-state index < -0.39 is 11.9 Å².